The van der Waals surface area contributed by atoms with Crippen LogP contribution in [-0.4, -0.2) is 75.4 Å². The summed E-state index contributed by atoms with van der Waals surface area (Å²) in [7, 11) is 0. The fraction of sp³-hybridized carbons (Fsp3) is 0. The first kappa shape index (κ1) is 94.0. The van der Waals surface area contributed by atoms with Crippen molar-refractivity contribution in [3.05, 3.63) is 26.3 Å². The van der Waals surface area contributed by atoms with Crippen LogP contribution in [0, 0.1) is 47.3 Å². The quantitative estimate of drug-likeness (QED) is 0.415. The van der Waals surface area contributed by atoms with E-state index in [0.717, 1.165) is 0 Å². The Hall–Kier alpha value is 1.04. The standard InChI is InChI=1S/4CN.4Li.Pt/c4*1-2;;;;;/q4*-1;;;;;+4. The molecule has 0 saturated heterocycles. The maximum Gasteiger partial charge on any atom is 4.00 e. The summed E-state index contributed by atoms with van der Waals surface area (Å²) in [6.07, 6.45) is 0. The summed E-state index contributed by atoms with van der Waals surface area (Å²) in [4.78, 5) is 0. The molecule has 0 aliphatic heterocycles. The molecule has 0 heterocycles. The second-order valence-corrected chi connectivity index (χ2v) is 0. The van der Waals surface area contributed by atoms with Crippen molar-refractivity contribution in [1.29, 1.82) is 21.0 Å². The van der Waals surface area contributed by atoms with Gasteiger partial charge in [0, 0.05) is 75.4 Å². The summed E-state index contributed by atoms with van der Waals surface area (Å²) in [5.74, 6) is 0. The van der Waals surface area contributed by atoms with E-state index in [1.54, 1.807) is 0 Å². The average molecular weight is 327 g/mol. The van der Waals surface area contributed by atoms with Gasteiger partial charge >= 0.3 is 21.1 Å². The maximum atomic E-state index is 6.25. The van der Waals surface area contributed by atoms with Crippen molar-refractivity contribution in [3.63, 3.8) is 0 Å². The molecule has 4 nitrogen and oxygen atoms in total. The molecule has 13 heavy (non-hydrogen) atoms. The van der Waals surface area contributed by atoms with E-state index in [0.29, 0.717) is 0 Å². The largest absolute Gasteiger partial charge is 4.00 e. The molecule has 0 aromatic rings. The molecule has 0 aromatic carbocycles. The SMILES string of the molecule is [C-]#N.[C-]#N.[C-]#N.[C-]#N.[Li].[Li].[Li].[Li].[Pt+4]. The summed E-state index contributed by atoms with van der Waals surface area (Å²) < 4.78 is 0. The molecule has 0 rings (SSSR count). The van der Waals surface area contributed by atoms with Gasteiger partial charge in [-0.2, -0.15) is 0 Å². The second-order valence-electron chi connectivity index (χ2n) is 0. The fourth-order valence-corrected chi connectivity index (χ4v) is 0. The molecule has 4 radical (unpaired) electrons. The van der Waals surface area contributed by atoms with Gasteiger partial charge in [-0.3, -0.25) is 0 Å². The predicted molar refractivity (Wildman–Crippen MR) is 42.9 cm³/mol. The molecule has 50 valence electrons. The van der Waals surface area contributed by atoms with Gasteiger partial charge in [-0.15, -0.1) is 0 Å². The van der Waals surface area contributed by atoms with Crippen molar-refractivity contribution >= 4 is 75.4 Å². The molecule has 0 atom stereocenters. The molecule has 0 bridgehead atoms. The zero-order valence-electron chi connectivity index (χ0n) is 8.11. The Morgan fingerprint density at radius 3 is 0.385 bits per heavy atom. The zero-order valence-corrected chi connectivity index (χ0v) is 10.4. The van der Waals surface area contributed by atoms with Gasteiger partial charge in [0.25, 0.3) is 0 Å². The van der Waals surface area contributed by atoms with E-state index >= 15 is 0 Å². The number of hydrogen-bond donors (Lipinski definition) is 0. The van der Waals surface area contributed by atoms with E-state index in [2.05, 4.69) is 0 Å². The van der Waals surface area contributed by atoms with Gasteiger partial charge in [0.1, 0.15) is 0 Å². The van der Waals surface area contributed by atoms with Crippen molar-refractivity contribution < 1.29 is 21.1 Å². The first-order chi connectivity index (χ1) is 4.00. The Morgan fingerprint density at radius 1 is 0.385 bits per heavy atom. The van der Waals surface area contributed by atoms with E-state index in [-0.39, 0.29) is 96.5 Å². The minimum atomic E-state index is 0. The summed E-state index contributed by atoms with van der Waals surface area (Å²) in [6.45, 7) is 19.0. The van der Waals surface area contributed by atoms with Gasteiger partial charge in [-0.1, -0.05) is 0 Å². The molecule has 0 saturated carbocycles. The molecule has 0 spiro atoms. The molecule has 0 aliphatic carbocycles. The minimum Gasteiger partial charge on any atom is -0.512 e. The van der Waals surface area contributed by atoms with E-state index < -0.39 is 0 Å². The summed E-state index contributed by atoms with van der Waals surface area (Å²) in [5.41, 5.74) is 0. The van der Waals surface area contributed by atoms with Gasteiger partial charge in [0.15, 0.2) is 0 Å². The predicted octanol–water partition coefficient (Wildman–Crippen LogP) is -1.14. The van der Waals surface area contributed by atoms with Gasteiger partial charge in [0.05, 0.1) is 0 Å². The van der Waals surface area contributed by atoms with Crippen molar-refractivity contribution in [2.45, 2.75) is 0 Å². The molecule has 0 unspecified atom stereocenters. The first-order valence-corrected chi connectivity index (χ1v) is 0.894. The van der Waals surface area contributed by atoms with Crippen LogP contribution in [0.3, 0.4) is 0 Å². The maximum absolute atomic E-state index is 6.25. The van der Waals surface area contributed by atoms with E-state index in [1.165, 1.54) is 0 Å². The van der Waals surface area contributed by atoms with Gasteiger partial charge < -0.3 is 47.3 Å². The van der Waals surface area contributed by atoms with Crippen LogP contribution in [0.2, 0.25) is 0 Å². The van der Waals surface area contributed by atoms with Crippen LogP contribution >= 0.6 is 0 Å². The summed E-state index contributed by atoms with van der Waals surface area (Å²) >= 11 is 0. The van der Waals surface area contributed by atoms with Crippen LogP contribution in [0.1, 0.15) is 0 Å². The van der Waals surface area contributed by atoms with E-state index in [9.17, 15) is 0 Å². The molecule has 0 amide bonds. The van der Waals surface area contributed by atoms with Gasteiger partial charge in [-0.25, -0.2) is 0 Å². The monoisotopic (exact) mass is 327 g/mol. The minimum absolute atomic E-state index is 0. The fourth-order valence-electron chi connectivity index (χ4n) is 0. The Labute approximate surface area is 142 Å². The third-order valence-electron chi connectivity index (χ3n) is 0. The van der Waals surface area contributed by atoms with Crippen molar-refractivity contribution in [3.8, 4) is 0 Å². The number of rotatable bonds is 0. The molecular weight excluding hydrogens is 327 g/mol. The van der Waals surface area contributed by atoms with Gasteiger partial charge in [0.2, 0.25) is 0 Å². The smallest absolute Gasteiger partial charge is 0.512 e. The third kappa shape index (κ3) is 1470. The Kier molecular flexibility index (Phi) is 12700. The van der Waals surface area contributed by atoms with Crippen LogP contribution in [0.4, 0.5) is 0 Å². The Bertz CT molecular complexity index is 67.1. The topological polar surface area (TPSA) is 95.2 Å². The summed E-state index contributed by atoms with van der Waals surface area (Å²) in [5, 5.41) is 25.0. The van der Waals surface area contributed by atoms with Crippen molar-refractivity contribution in [2.75, 3.05) is 0 Å². The van der Waals surface area contributed by atoms with Crippen molar-refractivity contribution in [1.82, 2.24) is 0 Å². The number of nitrogens with zero attached hydrogens (tertiary/aromatic N) is 4. The molecule has 9 heteroatoms. The average Bonchev–Trinajstić information content (AvgIpc) is 2.03. The molecule has 0 aliphatic rings. The van der Waals surface area contributed by atoms with E-state index in [4.69, 9.17) is 47.3 Å². The van der Waals surface area contributed by atoms with Crippen LogP contribution in [0.5, 0.6) is 0 Å². The van der Waals surface area contributed by atoms with Crippen LogP contribution < -0.4 is 0 Å². The normalized spacial score (nSPS) is 0.615. The molecule has 0 N–H and O–H groups in total. The molecule has 0 aromatic heterocycles. The number of hydrogen-bond acceptors (Lipinski definition) is 4. The van der Waals surface area contributed by atoms with Crippen LogP contribution in [0.25, 0.3) is 0 Å². The zero-order chi connectivity index (χ0) is 8.00. The van der Waals surface area contributed by atoms with Crippen molar-refractivity contribution in [2.24, 2.45) is 0 Å². The summed E-state index contributed by atoms with van der Waals surface area (Å²) in [6, 6.07) is 0. The van der Waals surface area contributed by atoms with Crippen LogP contribution in [0.15, 0.2) is 0 Å². The van der Waals surface area contributed by atoms with E-state index in [1.807, 2.05) is 0 Å². The van der Waals surface area contributed by atoms with Crippen LogP contribution in [-0.2, 0) is 21.1 Å². The van der Waals surface area contributed by atoms with Gasteiger partial charge in [-0.05, 0) is 0 Å². The first-order valence-electron chi connectivity index (χ1n) is 0.894. The Balaban J connectivity index is -0.00000000208. The Morgan fingerprint density at radius 2 is 0.385 bits per heavy atom. The third-order valence-corrected chi connectivity index (χ3v) is 0. The molecule has 0 fully saturated rings. The molecular formula is C4Li4N4Pt. The second kappa shape index (κ2) is 1750.